The first-order valence-electron chi connectivity index (χ1n) is 13.0. The second-order valence-electron chi connectivity index (χ2n) is 11.7. The number of aromatic nitrogens is 2. The van der Waals surface area contributed by atoms with Gasteiger partial charge in [-0.15, -0.1) is 0 Å². The number of anilines is 2. The summed E-state index contributed by atoms with van der Waals surface area (Å²) >= 11 is 6.11. The molecule has 5 rings (SSSR count). The monoisotopic (exact) mass is 532 g/mol. The Labute approximate surface area is 219 Å². The number of sulfone groups is 1. The van der Waals surface area contributed by atoms with E-state index in [4.69, 9.17) is 21.6 Å². The van der Waals surface area contributed by atoms with Crippen LogP contribution in [0.1, 0.15) is 62.3 Å². The van der Waals surface area contributed by atoms with Crippen molar-refractivity contribution in [3.8, 4) is 0 Å². The molecule has 2 atom stereocenters. The highest BCUT2D eigenvalue weighted by Gasteiger charge is 2.39. The highest BCUT2D eigenvalue weighted by Crippen LogP contribution is 2.42. The highest BCUT2D eigenvalue weighted by molar-refractivity contribution is 7.90. The number of hydrogen-bond donors (Lipinski definition) is 2. The number of benzene rings is 1. The molecule has 2 aliphatic carbocycles. The average Bonchev–Trinajstić information content (AvgIpc) is 3.22. The number of nitrogens with one attached hydrogen (secondary N) is 1. The minimum Gasteiger partial charge on any atom is -0.396 e. The van der Waals surface area contributed by atoms with Crippen LogP contribution in [-0.4, -0.2) is 61.2 Å². The molecule has 0 amide bonds. The lowest BCUT2D eigenvalue weighted by Gasteiger charge is -2.38. The topological polar surface area (TPSA) is 95.4 Å². The fourth-order valence-corrected chi connectivity index (χ4v) is 7.53. The molecule has 0 bridgehead atoms. The first-order valence-corrected chi connectivity index (χ1v) is 15.4. The van der Waals surface area contributed by atoms with E-state index in [0.717, 1.165) is 50.2 Å². The van der Waals surface area contributed by atoms with Crippen LogP contribution in [0.4, 0.5) is 11.8 Å². The largest absolute Gasteiger partial charge is 0.396 e. The second kappa shape index (κ2) is 9.76. The van der Waals surface area contributed by atoms with Gasteiger partial charge in [0.05, 0.1) is 11.4 Å². The average molecular weight is 533 g/mol. The first kappa shape index (κ1) is 25.7. The Morgan fingerprint density at radius 1 is 1.17 bits per heavy atom. The summed E-state index contributed by atoms with van der Waals surface area (Å²) < 4.78 is 23.4. The summed E-state index contributed by atoms with van der Waals surface area (Å²) in [7, 11) is -2.95. The van der Waals surface area contributed by atoms with Gasteiger partial charge in [-0.3, -0.25) is 0 Å². The van der Waals surface area contributed by atoms with Gasteiger partial charge in [0.1, 0.15) is 15.7 Å². The fourth-order valence-electron chi connectivity index (χ4n) is 6.27. The Morgan fingerprint density at radius 3 is 2.56 bits per heavy atom. The van der Waals surface area contributed by atoms with Crippen LogP contribution >= 0.6 is 11.6 Å². The molecule has 7 nitrogen and oxygen atoms in total. The Morgan fingerprint density at radius 2 is 1.89 bits per heavy atom. The molecule has 3 aliphatic rings. The molecule has 9 heteroatoms. The van der Waals surface area contributed by atoms with Crippen LogP contribution < -0.4 is 10.2 Å². The van der Waals surface area contributed by atoms with E-state index in [1.807, 2.05) is 24.3 Å². The van der Waals surface area contributed by atoms with E-state index in [-0.39, 0.29) is 41.6 Å². The van der Waals surface area contributed by atoms with Crippen molar-refractivity contribution in [3.05, 3.63) is 46.1 Å². The Bertz CT molecular complexity index is 1210. The van der Waals surface area contributed by atoms with Gasteiger partial charge < -0.3 is 15.3 Å². The number of aliphatic hydroxyl groups excluding tert-OH is 1. The number of rotatable bonds is 7. The minimum absolute atomic E-state index is 0.0359. The molecule has 0 radical (unpaired) electrons. The second-order valence-corrected chi connectivity index (χ2v) is 14.3. The van der Waals surface area contributed by atoms with Gasteiger partial charge in [-0.05, 0) is 55.7 Å². The summed E-state index contributed by atoms with van der Waals surface area (Å²) in [6.45, 7) is 6.06. The van der Waals surface area contributed by atoms with Crippen molar-refractivity contribution in [3.63, 3.8) is 0 Å². The SMILES string of the molecule is CC1(C)CCCc2c(NC3CC(CS(C)(=O)=O)C3)nc(N3C[C@@H](CO)[C@H](c4ccc(Cl)cc4)C3)nc21. The third-order valence-electron chi connectivity index (χ3n) is 8.24. The van der Waals surface area contributed by atoms with Gasteiger partial charge >= 0.3 is 0 Å². The summed E-state index contributed by atoms with van der Waals surface area (Å²) in [5.41, 5.74) is 3.45. The summed E-state index contributed by atoms with van der Waals surface area (Å²) in [5.74, 6) is 2.37. The Hall–Kier alpha value is -1.90. The van der Waals surface area contributed by atoms with Crippen molar-refractivity contribution >= 4 is 33.2 Å². The number of hydrogen-bond acceptors (Lipinski definition) is 7. The fraction of sp³-hybridized carbons (Fsp3) is 0.630. The van der Waals surface area contributed by atoms with Crippen LogP contribution in [0.2, 0.25) is 5.02 Å². The molecule has 0 unspecified atom stereocenters. The molecule has 1 saturated heterocycles. The summed E-state index contributed by atoms with van der Waals surface area (Å²) in [6, 6.07) is 8.14. The third kappa shape index (κ3) is 5.36. The maximum atomic E-state index is 11.7. The van der Waals surface area contributed by atoms with Crippen LogP contribution in [0.5, 0.6) is 0 Å². The number of nitrogens with zero attached hydrogens (tertiary/aromatic N) is 3. The van der Waals surface area contributed by atoms with E-state index in [2.05, 4.69) is 24.1 Å². The van der Waals surface area contributed by atoms with E-state index in [1.54, 1.807) is 0 Å². The minimum atomic E-state index is -2.95. The zero-order valence-corrected chi connectivity index (χ0v) is 22.9. The molecule has 36 heavy (non-hydrogen) atoms. The third-order valence-corrected chi connectivity index (χ3v) is 9.57. The number of halogens is 1. The normalized spacial score (nSPS) is 27.4. The molecule has 1 saturated carbocycles. The van der Waals surface area contributed by atoms with E-state index in [0.29, 0.717) is 17.5 Å². The van der Waals surface area contributed by atoms with Gasteiger partial charge in [-0.2, -0.15) is 4.98 Å². The molecule has 196 valence electrons. The van der Waals surface area contributed by atoms with Crippen LogP contribution in [0.25, 0.3) is 0 Å². The van der Waals surface area contributed by atoms with Gasteiger partial charge in [0.2, 0.25) is 5.95 Å². The molecular formula is C27H37ClN4O3S. The van der Waals surface area contributed by atoms with Gasteiger partial charge in [-0.25, -0.2) is 13.4 Å². The van der Waals surface area contributed by atoms with Gasteiger partial charge in [0.15, 0.2) is 0 Å². The summed E-state index contributed by atoms with van der Waals surface area (Å²) in [6.07, 6.45) is 6.15. The Kier molecular flexibility index (Phi) is 6.98. The first-order chi connectivity index (χ1) is 17.0. The molecule has 1 aromatic heterocycles. The molecule has 0 spiro atoms. The lowest BCUT2D eigenvalue weighted by Crippen LogP contribution is -2.40. The van der Waals surface area contributed by atoms with Crippen molar-refractivity contribution < 1.29 is 13.5 Å². The van der Waals surface area contributed by atoms with Crippen LogP contribution in [-0.2, 0) is 21.7 Å². The maximum absolute atomic E-state index is 11.7. The van der Waals surface area contributed by atoms with Crippen molar-refractivity contribution in [2.24, 2.45) is 11.8 Å². The summed E-state index contributed by atoms with van der Waals surface area (Å²) in [5, 5.41) is 14.5. The molecular weight excluding hydrogens is 496 g/mol. The molecule has 2 fully saturated rings. The zero-order valence-electron chi connectivity index (χ0n) is 21.4. The van der Waals surface area contributed by atoms with Gasteiger partial charge in [0.25, 0.3) is 0 Å². The predicted molar refractivity (Wildman–Crippen MR) is 145 cm³/mol. The molecule has 1 aliphatic heterocycles. The lowest BCUT2D eigenvalue weighted by atomic mass is 9.75. The van der Waals surface area contributed by atoms with Gasteiger partial charge in [0, 0.05) is 59.8 Å². The highest BCUT2D eigenvalue weighted by atomic mass is 35.5. The van der Waals surface area contributed by atoms with Crippen LogP contribution in [0.15, 0.2) is 24.3 Å². The number of aliphatic hydroxyl groups is 1. The smallest absolute Gasteiger partial charge is 0.227 e. The van der Waals surface area contributed by atoms with Crippen molar-refractivity contribution in [1.29, 1.82) is 0 Å². The molecule has 1 aromatic carbocycles. The van der Waals surface area contributed by atoms with Gasteiger partial charge in [-0.1, -0.05) is 37.6 Å². The standard InChI is InChI=1S/C27H37ClN4O3S/c1-27(2)10-4-5-22-24(27)30-26(31-25(22)29-21-11-17(12-21)16-36(3,34)35)32-13-19(15-33)23(14-32)18-6-8-20(28)9-7-18/h6-9,17,19,21,23,33H,4-5,10-16H2,1-3H3,(H,29,30,31)/t17?,19-,21?,23-/m0/s1. The zero-order chi connectivity index (χ0) is 25.7. The van der Waals surface area contributed by atoms with E-state index in [9.17, 15) is 13.5 Å². The number of fused-ring (bicyclic) bond motifs is 1. The van der Waals surface area contributed by atoms with Crippen molar-refractivity contribution in [2.75, 3.05) is 41.9 Å². The molecule has 2 aromatic rings. The maximum Gasteiger partial charge on any atom is 0.227 e. The Balaban J connectivity index is 1.41. The predicted octanol–water partition coefficient (Wildman–Crippen LogP) is 4.19. The molecule has 2 N–H and O–H groups in total. The lowest BCUT2D eigenvalue weighted by molar-refractivity contribution is 0.227. The van der Waals surface area contributed by atoms with Crippen molar-refractivity contribution in [2.45, 2.75) is 63.3 Å². The van der Waals surface area contributed by atoms with E-state index >= 15 is 0 Å². The van der Waals surface area contributed by atoms with Crippen molar-refractivity contribution in [1.82, 2.24) is 9.97 Å². The molecule has 2 heterocycles. The summed E-state index contributed by atoms with van der Waals surface area (Å²) in [4.78, 5) is 12.4. The van der Waals surface area contributed by atoms with Crippen LogP contribution in [0, 0.1) is 11.8 Å². The van der Waals surface area contributed by atoms with Crippen LogP contribution in [0.3, 0.4) is 0 Å². The quantitative estimate of drug-likeness (QED) is 0.552. The van der Waals surface area contributed by atoms with E-state index in [1.165, 1.54) is 17.4 Å². The van der Waals surface area contributed by atoms with E-state index < -0.39 is 9.84 Å².